The maximum atomic E-state index is 13.6. The molecule has 0 bridgehead atoms. The van der Waals surface area contributed by atoms with Crippen LogP contribution in [0.5, 0.6) is 0 Å². The zero-order valence-corrected chi connectivity index (χ0v) is 22.0. The summed E-state index contributed by atoms with van der Waals surface area (Å²) < 4.78 is 15.1. The molecular weight excluding hydrogens is 481 g/mol. The summed E-state index contributed by atoms with van der Waals surface area (Å²) in [5.74, 6) is -0.167. The highest BCUT2D eigenvalue weighted by Crippen LogP contribution is 2.25. The van der Waals surface area contributed by atoms with Gasteiger partial charge in [0, 0.05) is 23.9 Å². The zero-order chi connectivity index (χ0) is 27.2. The van der Waals surface area contributed by atoms with E-state index in [2.05, 4.69) is 15.7 Å². The van der Waals surface area contributed by atoms with E-state index in [1.165, 1.54) is 17.0 Å². The average molecular weight is 514 g/mol. The van der Waals surface area contributed by atoms with Gasteiger partial charge in [-0.25, -0.2) is 13.9 Å². The molecule has 0 aliphatic carbocycles. The second kappa shape index (κ2) is 11.7. The number of urea groups is 1. The number of nitrogens with zero attached hydrogens (tertiary/aromatic N) is 3. The predicted octanol–water partition coefficient (Wildman–Crippen LogP) is 6.42. The van der Waals surface area contributed by atoms with Gasteiger partial charge in [0.1, 0.15) is 18.2 Å². The fourth-order valence-electron chi connectivity index (χ4n) is 4.10. The van der Waals surface area contributed by atoms with E-state index in [0.29, 0.717) is 29.4 Å². The minimum Gasteiger partial charge on any atom is -0.315 e. The molecule has 2 N–H and O–H groups in total. The number of nitrogens with one attached hydrogen (secondary N) is 2. The van der Waals surface area contributed by atoms with Crippen LogP contribution in [0.2, 0.25) is 0 Å². The van der Waals surface area contributed by atoms with Crippen LogP contribution in [0.3, 0.4) is 0 Å². The van der Waals surface area contributed by atoms with Crippen LogP contribution >= 0.6 is 0 Å². The van der Waals surface area contributed by atoms with Crippen molar-refractivity contribution in [2.24, 2.45) is 5.92 Å². The Hall–Kier alpha value is -4.46. The SMILES string of the molecule is Cc1cccc(NC(=O)N(CC(=O)Nc2cc(-c3ccccc3)nn2-c2ccc(F)cc2)CC(C)C)c1C. The smallest absolute Gasteiger partial charge is 0.315 e. The minimum atomic E-state index is -0.371. The number of carbonyl (C=O) groups excluding carboxylic acids is 2. The fourth-order valence-corrected chi connectivity index (χ4v) is 4.10. The van der Waals surface area contributed by atoms with Gasteiger partial charge in [-0.15, -0.1) is 0 Å². The monoisotopic (exact) mass is 513 g/mol. The van der Waals surface area contributed by atoms with Crippen LogP contribution < -0.4 is 10.6 Å². The first-order valence-electron chi connectivity index (χ1n) is 12.5. The maximum Gasteiger partial charge on any atom is 0.322 e. The molecule has 196 valence electrons. The summed E-state index contributed by atoms with van der Waals surface area (Å²) in [5, 5.41) is 10.5. The molecule has 7 nitrogen and oxygen atoms in total. The molecule has 0 atom stereocenters. The molecular formula is C30H32FN5O2. The molecule has 8 heteroatoms. The van der Waals surface area contributed by atoms with Crippen LogP contribution in [0.4, 0.5) is 20.7 Å². The second-order valence-electron chi connectivity index (χ2n) is 9.67. The van der Waals surface area contributed by atoms with E-state index in [4.69, 9.17) is 0 Å². The van der Waals surface area contributed by atoms with Gasteiger partial charge in [-0.1, -0.05) is 56.3 Å². The van der Waals surface area contributed by atoms with Crippen LogP contribution in [0.15, 0.2) is 78.9 Å². The van der Waals surface area contributed by atoms with E-state index >= 15 is 0 Å². The van der Waals surface area contributed by atoms with Crippen molar-refractivity contribution in [3.63, 3.8) is 0 Å². The number of hydrogen-bond donors (Lipinski definition) is 2. The van der Waals surface area contributed by atoms with Gasteiger partial charge in [-0.05, 0) is 61.2 Å². The summed E-state index contributed by atoms with van der Waals surface area (Å²) in [6, 6.07) is 22.6. The molecule has 1 heterocycles. The Morgan fingerprint density at radius 3 is 2.34 bits per heavy atom. The average Bonchev–Trinajstić information content (AvgIpc) is 3.30. The van der Waals surface area contributed by atoms with Crippen molar-refractivity contribution in [1.29, 1.82) is 0 Å². The van der Waals surface area contributed by atoms with Gasteiger partial charge in [0.15, 0.2) is 0 Å². The second-order valence-corrected chi connectivity index (χ2v) is 9.67. The van der Waals surface area contributed by atoms with E-state index in [1.807, 2.05) is 76.2 Å². The number of hydrogen-bond acceptors (Lipinski definition) is 3. The molecule has 0 radical (unpaired) electrons. The van der Waals surface area contributed by atoms with Crippen molar-refractivity contribution < 1.29 is 14.0 Å². The van der Waals surface area contributed by atoms with Gasteiger partial charge in [0.05, 0.1) is 11.4 Å². The normalized spacial score (nSPS) is 10.9. The Kier molecular flexibility index (Phi) is 8.21. The quantitative estimate of drug-likeness (QED) is 0.285. The topological polar surface area (TPSA) is 79.3 Å². The number of carbonyl (C=O) groups is 2. The number of anilines is 2. The fraction of sp³-hybridized carbons (Fsp3) is 0.233. The molecule has 0 saturated heterocycles. The Bertz CT molecular complexity index is 1410. The highest BCUT2D eigenvalue weighted by atomic mass is 19.1. The van der Waals surface area contributed by atoms with Crippen molar-refractivity contribution in [3.8, 4) is 16.9 Å². The third-order valence-electron chi connectivity index (χ3n) is 6.17. The third kappa shape index (κ3) is 6.45. The van der Waals surface area contributed by atoms with E-state index in [1.54, 1.807) is 22.9 Å². The molecule has 4 rings (SSSR count). The van der Waals surface area contributed by atoms with Gasteiger partial charge in [0.25, 0.3) is 0 Å². The first-order chi connectivity index (χ1) is 18.2. The number of halogens is 1. The Morgan fingerprint density at radius 1 is 0.947 bits per heavy atom. The molecule has 0 aliphatic heterocycles. The molecule has 0 spiro atoms. The lowest BCUT2D eigenvalue weighted by atomic mass is 10.1. The van der Waals surface area contributed by atoms with Crippen molar-refractivity contribution in [2.75, 3.05) is 23.7 Å². The highest BCUT2D eigenvalue weighted by molar-refractivity contribution is 5.97. The summed E-state index contributed by atoms with van der Waals surface area (Å²) in [7, 11) is 0. The standard InChI is InChI=1S/C30H32FN5O2/c1-20(2)18-35(30(38)32-26-12-8-9-21(3)22(26)4)19-29(37)33-28-17-27(23-10-6-5-7-11-23)34-36(28)25-15-13-24(31)14-16-25/h5-17,20H,18-19H2,1-4H3,(H,32,38)(H,33,37). The van der Waals surface area contributed by atoms with Crippen LogP contribution in [-0.2, 0) is 4.79 Å². The summed E-state index contributed by atoms with van der Waals surface area (Å²) >= 11 is 0. The van der Waals surface area contributed by atoms with E-state index in [9.17, 15) is 14.0 Å². The molecule has 1 aromatic heterocycles. The molecule has 3 aromatic carbocycles. The van der Waals surface area contributed by atoms with Gasteiger partial charge < -0.3 is 15.5 Å². The largest absolute Gasteiger partial charge is 0.322 e. The number of rotatable bonds is 8. The van der Waals surface area contributed by atoms with Gasteiger partial charge in [0.2, 0.25) is 5.91 Å². The lowest BCUT2D eigenvalue weighted by Gasteiger charge is -2.25. The van der Waals surface area contributed by atoms with Crippen molar-refractivity contribution in [2.45, 2.75) is 27.7 Å². The van der Waals surface area contributed by atoms with Crippen LogP contribution in [-0.4, -0.2) is 39.7 Å². The van der Waals surface area contributed by atoms with Gasteiger partial charge in [-0.2, -0.15) is 5.10 Å². The van der Waals surface area contributed by atoms with Crippen LogP contribution in [0.25, 0.3) is 16.9 Å². The van der Waals surface area contributed by atoms with Crippen LogP contribution in [0, 0.1) is 25.6 Å². The van der Waals surface area contributed by atoms with Crippen molar-refractivity contribution in [1.82, 2.24) is 14.7 Å². The van der Waals surface area contributed by atoms with Crippen LogP contribution in [0.1, 0.15) is 25.0 Å². The van der Waals surface area contributed by atoms with E-state index in [0.717, 1.165) is 16.7 Å². The summed E-state index contributed by atoms with van der Waals surface area (Å²) in [6.45, 7) is 8.17. The molecule has 0 unspecified atom stereocenters. The Morgan fingerprint density at radius 2 is 1.66 bits per heavy atom. The molecule has 38 heavy (non-hydrogen) atoms. The molecule has 0 saturated carbocycles. The minimum absolute atomic E-state index is 0.149. The maximum absolute atomic E-state index is 13.6. The highest BCUT2D eigenvalue weighted by Gasteiger charge is 2.21. The summed E-state index contributed by atoms with van der Waals surface area (Å²) in [4.78, 5) is 27.9. The zero-order valence-electron chi connectivity index (χ0n) is 22.0. The summed E-state index contributed by atoms with van der Waals surface area (Å²) in [5.41, 5.74) is 4.88. The molecule has 0 fully saturated rings. The molecule has 4 aromatic rings. The van der Waals surface area contributed by atoms with E-state index in [-0.39, 0.29) is 30.2 Å². The number of benzene rings is 3. The third-order valence-corrected chi connectivity index (χ3v) is 6.17. The van der Waals surface area contributed by atoms with Crippen molar-refractivity contribution >= 4 is 23.4 Å². The van der Waals surface area contributed by atoms with Gasteiger partial charge in [-0.3, -0.25) is 4.79 Å². The van der Waals surface area contributed by atoms with Gasteiger partial charge >= 0.3 is 6.03 Å². The first-order valence-corrected chi connectivity index (χ1v) is 12.5. The molecule has 0 aliphatic rings. The predicted molar refractivity (Wildman–Crippen MR) is 149 cm³/mol. The molecule has 3 amide bonds. The number of aryl methyl sites for hydroxylation is 1. The van der Waals surface area contributed by atoms with Crippen molar-refractivity contribution in [3.05, 3.63) is 95.8 Å². The lowest BCUT2D eigenvalue weighted by Crippen LogP contribution is -2.42. The lowest BCUT2D eigenvalue weighted by molar-refractivity contribution is -0.116. The Balaban J connectivity index is 1.57. The van der Waals surface area contributed by atoms with E-state index < -0.39 is 0 Å². The summed E-state index contributed by atoms with van der Waals surface area (Å²) in [6.07, 6.45) is 0. The number of amides is 3. The first kappa shape index (κ1) is 26.6. The Labute approximate surface area is 222 Å². The number of aromatic nitrogens is 2.